The Balaban J connectivity index is 1.51. The lowest BCUT2D eigenvalue weighted by atomic mass is 9.56. The van der Waals surface area contributed by atoms with Crippen LogP contribution in [0.3, 0.4) is 0 Å². The monoisotopic (exact) mass is 433 g/mol. The molecule has 2 heterocycles. The Morgan fingerprint density at radius 1 is 1.19 bits per heavy atom. The predicted octanol–water partition coefficient (Wildman–Crippen LogP) is 4.25. The standard InChI is InChI=1S/C25H43N3O3/c1-16(2)11-19(26-23(30)31-24(3,4)5)9-8-10-21(29)27-22-17-12-20-13-18(22)15-25(6,14-17)28(20)7/h8-9,16-20,22H,10-15H2,1-7H3,(H,26,30)(H,27,29)/b9-8+/t17-,18+,19-,20?,22?,25?/m1/s1. The van der Waals surface area contributed by atoms with E-state index in [-0.39, 0.29) is 11.9 Å². The zero-order valence-electron chi connectivity index (χ0n) is 20.5. The Morgan fingerprint density at radius 2 is 1.81 bits per heavy atom. The van der Waals surface area contributed by atoms with Gasteiger partial charge in [0.1, 0.15) is 5.60 Å². The number of piperidine rings is 2. The molecule has 2 aliphatic heterocycles. The van der Waals surface area contributed by atoms with Crippen molar-refractivity contribution in [3.8, 4) is 0 Å². The molecule has 4 bridgehead atoms. The second-order valence-corrected chi connectivity index (χ2v) is 11.8. The number of nitrogens with zero attached hydrogens (tertiary/aromatic N) is 1. The Bertz CT molecular complexity index is 681. The first-order valence-corrected chi connectivity index (χ1v) is 12.0. The van der Waals surface area contributed by atoms with E-state index >= 15 is 0 Å². The van der Waals surface area contributed by atoms with Gasteiger partial charge in [0.15, 0.2) is 0 Å². The lowest BCUT2D eigenvalue weighted by Gasteiger charge is -2.63. The summed E-state index contributed by atoms with van der Waals surface area (Å²) in [5.74, 6) is 1.72. The van der Waals surface area contributed by atoms with Crippen LogP contribution in [0.1, 0.15) is 80.1 Å². The molecular formula is C25H43N3O3. The third-order valence-corrected chi connectivity index (χ3v) is 7.40. The number of ether oxygens (including phenoxy) is 1. The van der Waals surface area contributed by atoms with Gasteiger partial charge >= 0.3 is 6.09 Å². The second-order valence-electron chi connectivity index (χ2n) is 11.8. The Morgan fingerprint density at radius 3 is 2.32 bits per heavy atom. The van der Waals surface area contributed by atoms with E-state index in [1.165, 1.54) is 25.7 Å². The van der Waals surface area contributed by atoms with Crippen molar-refractivity contribution in [3.05, 3.63) is 12.2 Å². The molecule has 31 heavy (non-hydrogen) atoms. The highest BCUT2D eigenvalue weighted by Crippen LogP contribution is 2.53. The van der Waals surface area contributed by atoms with E-state index in [0.717, 1.165) is 6.42 Å². The summed E-state index contributed by atoms with van der Waals surface area (Å²) in [6.45, 7) is 12.2. The molecule has 0 spiro atoms. The summed E-state index contributed by atoms with van der Waals surface area (Å²) in [5, 5.41) is 6.29. The summed E-state index contributed by atoms with van der Waals surface area (Å²) < 4.78 is 5.38. The highest BCUT2D eigenvalue weighted by Gasteiger charge is 2.56. The molecule has 2 saturated heterocycles. The van der Waals surface area contributed by atoms with Crippen LogP contribution < -0.4 is 10.6 Å². The van der Waals surface area contributed by atoms with Crippen molar-refractivity contribution in [1.29, 1.82) is 0 Å². The van der Waals surface area contributed by atoms with Crippen molar-refractivity contribution in [2.24, 2.45) is 17.8 Å². The maximum atomic E-state index is 12.7. The number of carbonyl (C=O) groups excluding carboxylic acids is 2. The van der Waals surface area contributed by atoms with E-state index in [1.54, 1.807) is 0 Å². The minimum absolute atomic E-state index is 0.0906. The molecule has 2 amide bonds. The van der Waals surface area contributed by atoms with Gasteiger partial charge in [0, 0.05) is 24.0 Å². The van der Waals surface area contributed by atoms with E-state index in [9.17, 15) is 9.59 Å². The van der Waals surface area contributed by atoms with Crippen LogP contribution in [0.5, 0.6) is 0 Å². The molecule has 4 fully saturated rings. The molecular weight excluding hydrogens is 390 g/mol. The van der Waals surface area contributed by atoms with Crippen molar-refractivity contribution < 1.29 is 14.3 Å². The molecule has 0 radical (unpaired) electrons. The number of alkyl carbamates (subject to hydrolysis) is 1. The molecule has 3 unspecified atom stereocenters. The molecule has 176 valence electrons. The zero-order chi connectivity index (χ0) is 23.0. The zero-order valence-corrected chi connectivity index (χ0v) is 20.5. The molecule has 2 N–H and O–H groups in total. The summed E-state index contributed by atoms with van der Waals surface area (Å²) in [6, 6.07) is 0.871. The maximum Gasteiger partial charge on any atom is 0.408 e. The van der Waals surface area contributed by atoms with Crippen LogP contribution in [0.15, 0.2) is 12.2 Å². The summed E-state index contributed by atoms with van der Waals surface area (Å²) in [6.07, 6.45) is 9.36. The van der Waals surface area contributed by atoms with Crippen LogP contribution in [-0.4, -0.2) is 53.2 Å². The van der Waals surface area contributed by atoms with E-state index in [4.69, 9.17) is 4.74 Å². The molecule has 6 nitrogen and oxygen atoms in total. The van der Waals surface area contributed by atoms with Gasteiger partial charge in [-0.05, 0) is 84.6 Å². The summed E-state index contributed by atoms with van der Waals surface area (Å²) >= 11 is 0. The van der Waals surface area contributed by atoms with Gasteiger partial charge in [-0.1, -0.05) is 26.0 Å². The SMILES string of the molecule is CC(C)C[C@@H](/C=C/CC(=O)NC1[C@@H]2CC3C[C@H]1CC(C)(C2)N3C)NC(=O)OC(C)(C)C. The molecule has 2 aliphatic carbocycles. The van der Waals surface area contributed by atoms with Crippen LogP contribution in [0.25, 0.3) is 0 Å². The van der Waals surface area contributed by atoms with Crippen molar-refractivity contribution in [3.63, 3.8) is 0 Å². The number of hydrogen-bond acceptors (Lipinski definition) is 4. The summed E-state index contributed by atoms with van der Waals surface area (Å²) in [4.78, 5) is 27.4. The van der Waals surface area contributed by atoms with E-state index < -0.39 is 11.7 Å². The molecule has 6 atom stereocenters. The average molecular weight is 434 g/mol. The molecule has 2 saturated carbocycles. The number of hydrogen-bond donors (Lipinski definition) is 2. The van der Waals surface area contributed by atoms with E-state index in [1.807, 2.05) is 32.9 Å². The fraction of sp³-hybridized carbons (Fsp3) is 0.840. The van der Waals surface area contributed by atoms with Crippen molar-refractivity contribution in [2.45, 2.75) is 109 Å². The first kappa shape index (κ1) is 24.1. The van der Waals surface area contributed by atoms with Crippen molar-refractivity contribution >= 4 is 12.0 Å². The molecule has 4 rings (SSSR count). The first-order chi connectivity index (χ1) is 14.4. The number of nitrogens with one attached hydrogen (secondary N) is 2. The van der Waals surface area contributed by atoms with Gasteiger partial charge in [-0.15, -0.1) is 0 Å². The third-order valence-electron chi connectivity index (χ3n) is 7.40. The van der Waals surface area contributed by atoms with E-state index in [2.05, 4.69) is 43.4 Å². The summed E-state index contributed by atoms with van der Waals surface area (Å²) in [7, 11) is 2.28. The lowest BCUT2D eigenvalue weighted by Crippen LogP contribution is -2.69. The van der Waals surface area contributed by atoms with Gasteiger partial charge in [-0.25, -0.2) is 4.79 Å². The molecule has 6 heteroatoms. The quantitative estimate of drug-likeness (QED) is 0.589. The van der Waals surface area contributed by atoms with Crippen LogP contribution >= 0.6 is 0 Å². The van der Waals surface area contributed by atoms with Gasteiger partial charge < -0.3 is 15.4 Å². The number of carbonyl (C=O) groups is 2. The third kappa shape index (κ3) is 6.03. The van der Waals surface area contributed by atoms with Gasteiger partial charge in [0.2, 0.25) is 5.91 Å². The first-order valence-electron chi connectivity index (χ1n) is 12.0. The van der Waals surface area contributed by atoms with Gasteiger partial charge in [0.05, 0.1) is 6.04 Å². The van der Waals surface area contributed by atoms with Crippen LogP contribution in [0.2, 0.25) is 0 Å². The van der Waals surface area contributed by atoms with Crippen molar-refractivity contribution in [2.75, 3.05) is 7.05 Å². The van der Waals surface area contributed by atoms with E-state index in [0.29, 0.717) is 41.8 Å². The topological polar surface area (TPSA) is 70.7 Å². The van der Waals surface area contributed by atoms with Gasteiger partial charge in [-0.3, -0.25) is 9.69 Å². The van der Waals surface area contributed by atoms with Gasteiger partial charge in [0.25, 0.3) is 0 Å². The van der Waals surface area contributed by atoms with Crippen molar-refractivity contribution in [1.82, 2.24) is 15.5 Å². The highest BCUT2D eigenvalue weighted by atomic mass is 16.6. The average Bonchev–Trinajstić information content (AvgIpc) is 2.58. The normalized spacial score (nSPS) is 33.7. The Labute approximate surface area is 188 Å². The number of amides is 2. The molecule has 4 aliphatic rings. The smallest absolute Gasteiger partial charge is 0.408 e. The highest BCUT2D eigenvalue weighted by molar-refractivity contribution is 5.78. The minimum atomic E-state index is -0.527. The maximum absolute atomic E-state index is 12.7. The molecule has 0 aromatic carbocycles. The second kappa shape index (κ2) is 9.13. The Hall–Kier alpha value is -1.56. The molecule has 0 aromatic heterocycles. The fourth-order valence-electron chi connectivity index (χ4n) is 6.12. The lowest BCUT2D eigenvalue weighted by molar-refractivity contribution is -0.134. The van der Waals surface area contributed by atoms with Crippen LogP contribution in [0, 0.1) is 17.8 Å². The number of rotatable bonds is 7. The summed E-state index contributed by atoms with van der Waals surface area (Å²) in [5.41, 5.74) is -0.213. The Kier molecular flexibility index (Phi) is 7.09. The van der Waals surface area contributed by atoms with Gasteiger partial charge in [-0.2, -0.15) is 0 Å². The largest absolute Gasteiger partial charge is 0.444 e. The van der Waals surface area contributed by atoms with Crippen LogP contribution in [-0.2, 0) is 9.53 Å². The fourth-order valence-corrected chi connectivity index (χ4v) is 6.12. The van der Waals surface area contributed by atoms with Crippen LogP contribution in [0.4, 0.5) is 4.79 Å². The minimum Gasteiger partial charge on any atom is -0.444 e. The molecule has 0 aromatic rings. The predicted molar refractivity (Wildman–Crippen MR) is 124 cm³/mol.